The van der Waals surface area contributed by atoms with Crippen molar-refractivity contribution in [3.63, 3.8) is 0 Å². The molecular weight excluding hydrogens is 368 g/mol. The summed E-state index contributed by atoms with van der Waals surface area (Å²) < 4.78 is 19.2. The smallest absolute Gasteiger partial charge is 0.165 e. The Morgan fingerprint density at radius 1 is 1.20 bits per heavy atom. The first-order valence-corrected chi connectivity index (χ1v) is 7.27. The number of anilines is 1. The highest BCUT2D eigenvalue weighted by molar-refractivity contribution is 9.10. The molecule has 6 heteroatoms. The molecule has 2 rings (SSSR count). The number of hydrogen-bond acceptors (Lipinski definition) is 2. The molecule has 2 aromatic rings. The molecule has 2 aromatic carbocycles. The second-order valence-electron chi connectivity index (χ2n) is 4.07. The van der Waals surface area contributed by atoms with Gasteiger partial charge in [0.05, 0.1) is 22.8 Å². The average Bonchev–Trinajstić information content (AvgIpc) is 2.37. The van der Waals surface area contributed by atoms with Gasteiger partial charge in [-0.15, -0.1) is 0 Å². The Labute approximate surface area is 135 Å². The molecule has 0 unspecified atom stereocenters. The number of methoxy groups -OCH3 is 1. The molecule has 0 bridgehead atoms. The molecule has 106 valence electrons. The van der Waals surface area contributed by atoms with Crippen molar-refractivity contribution >= 4 is 44.8 Å². The molecule has 20 heavy (non-hydrogen) atoms. The van der Waals surface area contributed by atoms with Crippen molar-refractivity contribution in [3.05, 3.63) is 56.2 Å². The molecule has 0 spiro atoms. The van der Waals surface area contributed by atoms with Crippen LogP contribution in [0.15, 0.2) is 34.8 Å². The average molecular weight is 379 g/mol. The van der Waals surface area contributed by atoms with Gasteiger partial charge in [0.15, 0.2) is 11.6 Å². The van der Waals surface area contributed by atoms with Gasteiger partial charge < -0.3 is 10.1 Å². The Kier molecular flexibility index (Phi) is 5.13. The van der Waals surface area contributed by atoms with Crippen LogP contribution in [0, 0.1) is 5.82 Å². The van der Waals surface area contributed by atoms with E-state index in [9.17, 15) is 4.39 Å². The number of hydrogen-bond donors (Lipinski definition) is 1. The maximum absolute atomic E-state index is 13.6. The van der Waals surface area contributed by atoms with E-state index in [0.717, 1.165) is 10.0 Å². The van der Waals surface area contributed by atoms with Gasteiger partial charge in [-0.05, 0) is 29.8 Å². The summed E-state index contributed by atoms with van der Waals surface area (Å²) in [6.45, 7) is 0.405. The second kappa shape index (κ2) is 6.66. The van der Waals surface area contributed by atoms with E-state index in [1.807, 2.05) is 0 Å². The van der Waals surface area contributed by atoms with Crippen LogP contribution in [0.4, 0.5) is 10.1 Å². The Bertz CT molecular complexity index is 614. The maximum Gasteiger partial charge on any atom is 0.165 e. The van der Waals surface area contributed by atoms with Gasteiger partial charge in [0.25, 0.3) is 0 Å². The molecule has 0 amide bonds. The monoisotopic (exact) mass is 377 g/mol. The normalized spacial score (nSPS) is 10.4. The minimum absolute atomic E-state index is 0.216. The zero-order valence-corrected chi connectivity index (χ0v) is 13.6. The van der Waals surface area contributed by atoms with Crippen LogP contribution in [0.3, 0.4) is 0 Å². The third-order valence-electron chi connectivity index (χ3n) is 2.69. The lowest BCUT2D eigenvalue weighted by Gasteiger charge is -2.11. The van der Waals surface area contributed by atoms with E-state index in [1.54, 1.807) is 24.3 Å². The van der Waals surface area contributed by atoms with Gasteiger partial charge in [-0.3, -0.25) is 0 Å². The first-order chi connectivity index (χ1) is 9.51. The number of benzene rings is 2. The van der Waals surface area contributed by atoms with Crippen LogP contribution in [0.5, 0.6) is 5.75 Å². The Morgan fingerprint density at radius 3 is 2.40 bits per heavy atom. The third-order valence-corrected chi connectivity index (χ3v) is 3.75. The Hall–Kier alpha value is -0.970. The summed E-state index contributed by atoms with van der Waals surface area (Å²) in [5.41, 5.74) is 1.38. The van der Waals surface area contributed by atoms with E-state index in [-0.39, 0.29) is 5.75 Å². The lowest BCUT2D eigenvalue weighted by molar-refractivity contribution is 0.386. The molecule has 0 radical (unpaired) electrons. The van der Waals surface area contributed by atoms with Gasteiger partial charge in [0.1, 0.15) is 0 Å². The Balaban J connectivity index is 2.15. The highest BCUT2D eigenvalue weighted by Gasteiger charge is 2.08. The van der Waals surface area contributed by atoms with E-state index in [4.69, 9.17) is 27.9 Å². The summed E-state index contributed by atoms with van der Waals surface area (Å²) in [6, 6.07) is 8.24. The third kappa shape index (κ3) is 3.57. The van der Waals surface area contributed by atoms with Crippen molar-refractivity contribution in [2.24, 2.45) is 0 Å². The summed E-state index contributed by atoms with van der Waals surface area (Å²) in [5, 5.41) is 4.09. The fraction of sp³-hybridized carbons (Fsp3) is 0.143. The van der Waals surface area contributed by atoms with Gasteiger partial charge in [-0.25, -0.2) is 4.39 Å². The topological polar surface area (TPSA) is 21.3 Å². The summed E-state index contributed by atoms with van der Waals surface area (Å²) >= 11 is 15.5. The highest BCUT2D eigenvalue weighted by Crippen LogP contribution is 2.34. The molecule has 0 saturated heterocycles. The fourth-order valence-corrected chi connectivity index (χ4v) is 3.06. The van der Waals surface area contributed by atoms with Crippen LogP contribution in [0.25, 0.3) is 0 Å². The SMILES string of the molecule is COc1ccc(CNc2c(Cl)cc(Br)cc2Cl)cc1F. The predicted molar refractivity (Wildman–Crippen MR) is 84.4 cm³/mol. The van der Waals surface area contributed by atoms with Gasteiger partial charge in [-0.1, -0.05) is 45.2 Å². The van der Waals surface area contributed by atoms with Crippen molar-refractivity contribution in [3.8, 4) is 5.75 Å². The lowest BCUT2D eigenvalue weighted by Crippen LogP contribution is -2.01. The molecular formula is C14H11BrCl2FNO. The van der Waals surface area contributed by atoms with Crippen molar-refractivity contribution in [1.82, 2.24) is 0 Å². The van der Waals surface area contributed by atoms with Gasteiger partial charge in [0, 0.05) is 11.0 Å². The molecule has 0 atom stereocenters. The number of ether oxygens (including phenoxy) is 1. The van der Waals surface area contributed by atoms with E-state index in [2.05, 4.69) is 21.2 Å². The van der Waals surface area contributed by atoms with Gasteiger partial charge in [0.2, 0.25) is 0 Å². The van der Waals surface area contributed by atoms with Crippen LogP contribution >= 0.6 is 39.1 Å². The summed E-state index contributed by atoms with van der Waals surface area (Å²) in [5.74, 6) is -0.187. The number of rotatable bonds is 4. The quantitative estimate of drug-likeness (QED) is 0.756. The van der Waals surface area contributed by atoms with E-state index in [1.165, 1.54) is 13.2 Å². The largest absolute Gasteiger partial charge is 0.494 e. The molecule has 1 N–H and O–H groups in total. The van der Waals surface area contributed by atoms with Crippen molar-refractivity contribution < 1.29 is 9.13 Å². The zero-order chi connectivity index (χ0) is 14.7. The molecule has 0 saturated carbocycles. The van der Waals surface area contributed by atoms with Crippen molar-refractivity contribution in [2.45, 2.75) is 6.54 Å². The minimum Gasteiger partial charge on any atom is -0.494 e. The van der Waals surface area contributed by atoms with Gasteiger partial charge in [-0.2, -0.15) is 0 Å². The van der Waals surface area contributed by atoms with Crippen LogP contribution in [0.1, 0.15) is 5.56 Å². The van der Waals surface area contributed by atoms with Crippen LogP contribution in [-0.2, 0) is 6.54 Å². The van der Waals surface area contributed by atoms with E-state index in [0.29, 0.717) is 22.3 Å². The first-order valence-electron chi connectivity index (χ1n) is 5.72. The molecule has 0 aliphatic heterocycles. The van der Waals surface area contributed by atoms with Crippen LogP contribution in [0.2, 0.25) is 10.0 Å². The second-order valence-corrected chi connectivity index (χ2v) is 5.80. The fourth-order valence-electron chi connectivity index (χ4n) is 1.72. The summed E-state index contributed by atoms with van der Waals surface area (Å²) in [7, 11) is 1.43. The Morgan fingerprint density at radius 2 is 1.85 bits per heavy atom. The highest BCUT2D eigenvalue weighted by atomic mass is 79.9. The molecule has 0 aliphatic carbocycles. The van der Waals surface area contributed by atoms with E-state index < -0.39 is 5.82 Å². The molecule has 2 nitrogen and oxygen atoms in total. The van der Waals surface area contributed by atoms with Crippen molar-refractivity contribution in [2.75, 3.05) is 12.4 Å². The molecule has 0 heterocycles. The standard InChI is InChI=1S/C14H11BrCl2FNO/c1-20-13-3-2-8(4-12(13)18)7-19-14-10(16)5-9(15)6-11(14)17/h2-6,19H,7H2,1H3. The zero-order valence-electron chi connectivity index (χ0n) is 10.5. The van der Waals surface area contributed by atoms with Crippen LogP contribution < -0.4 is 10.1 Å². The van der Waals surface area contributed by atoms with E-state index >= 15 is 0 Å². The minimum atomic E-state index is -0.403. The predicted octanol–water partition coefficient (Wildman–Crippen LogP) is 5.52. The number of halogens is 4. The van der Waals surface area contributed by atoms with Crippen molar-refractivity contribution in [1.29, 1.82) is 0 Å². The lowest BCUT2D eigenvalue weighted by atomic mass is 10.2. The summed E-state index contributed by atoms with van der Waals surface area (Å²) in [4.78, 5) is 0. The summed E-state index contributed by atoms with van der Waals surface area (Å²) in [6.07, 6.45) is 0. The molecule has 0 aromatic heterocycles. The number of nitrogens with one attached hydrogen (secondary N) is 1. The molecule has 0 aliphatic rings. The molecule has 0 fully saturated rings. The van der Waals surface area contributed by atoms with Gasteiger partial charge >= 0.3 is 0 Å². The van der Waals surface area contributed by atoms with Crippen LogP contribution in [-0.4, -0.2) is 7.11 Å². The first kappa shape index (κ1) is 15.4. The maximum atomic E-state index is 13.6.